The molecule has 0 saturated heterocycles. The van der Waals surface area contributed by atoms with Crippen molar-refractivity contribution in [2.24, 2.45) is 5.92 Å². The van der Waals surface area contributed by atoms with E-state index in [1.54, 1.807) is 0 Å². The third-order valence-corrected chi connectivity index (χ3v) is 3.80. The molecule has 0 bridgehead atoms. The minimum atomic E-state index is -0.613. The average Bonchev–Trinajstić information content (AvgIpc) is 2.30. The van der Waals surface area contributed by atoms with Gasteiger partial charge in [-0.3, -0.25) is 0 Å². The van der Waals surface area contributed by atoms with Crippen molar-refractivity contribution in [1.82, 2.24) is 9.97 Å². The van der Waals surface area contributed by atoms with Crippen LogP contribution in [0.15, 0.2) is 6.07 Å². The first kappa shape index (κ1) is 13.6. The zero-order chi connectivity index (χ0) is 13.2. The number of rotatable bonds is 3. The van der Waals surface area contributed by atoms with Crippen LogP contribution < -0.4 is 5.32 Å². The summed E-state index contributed by atoms with van der Waals surface area (Å²) in [7, 11) is 0. The Morgan fingerprint density at radius 2 is 2.11 bits per heavy atom. The molecular weight excluding hydrogens is 250 g/mol. The van der Waals surface area contributed by atoms with E-state index in [9.17, 15) is 5.11 Å². The van der Waals surface area contributed by atoms with Crippen molar-refractivity contribution in [3.8, 4) is 0 Å². The van der Waals surface area contributed by atoms with Crippen LogP contribution in [0.4, 0.5) is 5.82 Å². The van der Waals surface area contributed by atoms with Gasteiger partial charge in [0, 0.05) is 18.3 Å². The zero-order valence-corrected chi connectivity index (χ0v) is 11.7. The number of aryl methyl sites for hydroxylation is 1. The van der Waals surface area contributed by atoms with Gasteiger partial charge in [-0.1, -0.05) is 6.92 Å². The summed E-state index contributed by atoms with van der Waals surface area (Å²) in [6, 6.07) is 1.83. The van der Waals surface area contributed by atoms with E-state index >= 15 is 0 Å². The summed E-state index contributed by atoms with van der Waals surface area (Å²) in [4.78, 5) is 8.10. The smallest absolute Gasteiger partial charge is 0.224 e. The number of anilines is 1. The van der Waals surface area contributed by atoms with Crippen molar-refractivity contribution in [1.29, 1.82) is 0 Å². The molecule has 0 radical (unpaired) electrons. The molecule has 1 aromatic rings. The fraction of sp³-hybridized carbons (Fsp3) is 0.692. The van der Waals surface area contributed by atoms with Gasteiger partial charge >= 0.3 is 0 Å². The van der Waals surface area contributed by atoms with Gasteiger partial charge in [0.05, 0.1) is 5.60 Å². The highest BCUT2D eigenvalue weighted by molar-refractivity contribution is 6.28. The van der Waals surface area contributed by atoms with E-state index in [4.69, 9.17) is 11.6 Å². The Morgan fingerprint density at radius 1 is 1.44 bits per heavy atom. The second-order valence-corrected chi connectivity index (χ2v) is 5.76. The van der Waals surface area contributed by atoms with Gasteiger partial charge < -0.3 is 10.4 Å². The molecule has 4 nitrogen and oxygen atoms in total. The van der Waals surface area contributed by atoms with E-state index in [1.807, 2.05) is 13.0 Å². The van der Waals surface area contributed by atoms with Gasteiger partial charge in [0.2, 0.25) is 5.28 Å². The molecule has 1 aliphatic rings. The van der Waals surface area contributed by atoms with Gasteiger partial charge in [-0.05, 0) is 50.1 Å². The highest BCUT2D eigenvalue weighted by Gasteiger charge is 2.31. The molecule has 18 heavy (non-hydrogen) atoms. The lowest BCUT2D eigenvalue weighted by Crippen LogP contribution is -2.40. The lowest BCUT2D eigenvalue weighted by Gasteiger charge is -2.35. The molecule has 0 aromatic carbocycles. The van der Waals surface area contributed by atoms with Gasteiger partial charge in [-0.25, -0.2) is 9.97 Å². The monoisotopic (exact) mass is 269 g/mol. The molecule has 5 heteroatoms. The molecule has 0 aliphatic heterocycles. The largest absolute Gasteiger partial charge is 0.388 e. The number of nitrogens with zero attached hydrogens (tertiary/aromatic N) is 2. The maximum Gasteiger partial charge on any atom is 0.224 e. The fourth-order valence-corrected chi connectivity index (χ4v) is 2.58. The van der Waals surface area contributed by atoms with Crippen molar-refractivity contribution < 1.29 is 5.11 Å². The molecule has 1 heterocycles. The maximum atomic E-state index is 10.5. The Kier molecular flexibility index (Phi) is 4.07. The molecule has 1 fully saturated rings. The number of hydrogen-bond donors (Lipinski definition) is 2. The SMILES string of the molecule is Cc1cc(NCC2(O)CCC(C)CC2)nc(Cl)n1. The number of nitrogens with one attached hydrogen (secondary N) is 1. The van der Waals surface area contributed by atoms with E-state index < -0.39 is 5.60 Å². The normalized spacial score (nSPS) is 28.1. The van der Waals surface area contributed by atoms with E-state index in [0.29, 0.717) is 12.4 Å². The van der Waals surface area contributed by atoms with Crippen molar-refractivity contribution in [3.63, 3.8) is 0 Å². The highest BCUT2D eigenvalue weighted by atomic mass is 35.5. The number of aromatic nitrogens is 2. The quantitative estimate of drug-likeness (QED) is 0.829. The molecule has 1 aromatic heterocycles. The first-order valence-electron chi connectivity index (χ1n) is 6.44. The second-order valence-electron chi connectivity index (χ2n) is 5.42. The van der Waals surface area contributed by atoms with E-state index in [1.165, 1.54) is 0 Å². The first-order valence-corrected chi connectivity index (χ1v) is 6.82. The molecule has 0 unspecified atom stereocenters. The van der Waals surface area contributed by atoms with Crippen LogP contribution in [0.2, 0.25) is 5.28 Å². The summed E-state index contributed by atoms with van der Waals surface area (Å²) in [5.74, 6) is 1.40. The summed E-state index contributed by atoms with van der Waals surface area (Å²) in [6.07, 6.45) is 3.86. The lowest BCUT2D eigenvalue weighted by atomic mass is 9.79. The standard InChI is InChI=1S/C13H20ClN3O/c1-9-3-5-13(18,6-4-9)8-15-11-7-10(2)16-12(14)17-11/h7,9,18H,3-6,8H2,1-2H3,(H,15,16,17). The summed E-state index contributed by atoms with van der Waals surface area (Å²) in [5.41, 5.74) is 0.208. The molecule has 0 amide bonds. The minimum Gasteiger partial charge on any atom is -0.388 e. The van der Waals surface area contributed by atoms with Crippen LogP contribution in [0, 0.1) is 12.8 Å². The number of halogens is 1. The van der Waals surface area contributed by atoms with E-state index in [0.717, 1.165) is 37.3 Å². The van der Waals surface area contributed by atoms with Crippen molar-refractivity contribution in [3.05, 3.63) is 17.0 Å². The van der Waals surface area contributed by atoms with Crippen LogP contribution >= 0.6 is 11.6 Å². The Balaban J connectivity index is 1.94. The van der Waals surface area contributed by atoms with Crippen LogP contribution in [-0.4, -0.2) is 27.2 Å². The first-order chi connectivity index (χ1) is 8.47. The Morgan fingerprint density at radius 3 is 2.72 bits per heavy atom. The summed E-state index contributed by atoms with van der Waals surface area (Å²) in [6.45, 7) is 4.63. The minimum absolute atomic E-state index is 0.238. The molecule has 0 spiro atoms. The van der Waals surface area contributed by atoms with Crippen LogP contribution in [-0.2, 0) is 0 Å². The molecule has 1 aliphatic carbocycles. The third-order valence-electron chi connectivity index (χ3n) is 3.63. The Bertz CT molecular complexity index is 396. The van der Waals surface area contributed by atoms with Crippen molar-refractivity contribution >= 4 is 17.4 Å². The molecule has 100 valence electrons. The topological polar surface area (TPSA) is 58.0 Å². The summed E-state index contributed by atoms with van der Waals surface area (Å²) >= 11 is 5.80. The van der Waals surface area contributed by atoms with Gasteiger partial charge in [-0.2, -0.15) is 0 Å². The van der Waals surface area contributed by atoms with E-state index in [2.05, 4.69) is 22.2 Å². The van der Waals surface area contributed by atoms with E-state index in [-0.39, 0.29) is 5.28 Å². The zero-order valence-electron chi connectivity index (χ0n) is 10.9. The maximum absolute atomic E-state index is 10.5. The second kappa shape index (κ2) is 5.41. The van der Waals surface area contributed by atoms with Crippen LogP contribution in [0.5, 0.6) is 0 Å². The molecule has 2 N–H and O–H groups in total. The fourth-order valence-electron chi connectivity index (χ4n) is 2.35. The summed E-state index contributed by atoms with van der Waals surface area (Å²) < 4.78 is 0. The van der Waals surface area contributed by atoms with Crippen molar-refractivity contribution in [2.75, 3.05) is 11.9 Å². The lowest BCUT2D eigenvalue weighted by molar-refractivity contribution is 0.00494. The highest BCUT2D eigenvalue weighted by Crippen LogP contribution is 2.31. The van der Waals surface area contributed by atoms with Crippen LogP contribution in [0.25, 0.3) is 0 Å². The molecule has 2 rings (SSSR count). The van der Waals surface area contributed by atoms with Gasteiger partial charge in [0.25, 0.3) is 0 Å². The number of aliphatic hydroxyl groups is 1. The van der Waals surface area contributed by atoms with Crippen LogP contribution in [0.1, 0.15) is 38.3 Å². The van der Waals surface area contributed by atoms with Gasteiger partial charge in [0.15, 0.2) is 0 Å². The summed E-state index contributed by atoms with van der Waals surface area (Å²) in [5, 5.41) is 13.9. The van der Waals surface area contributed by atoms with Gasteiger partial charge in [0.1, 0.15) is 5.82 Å². The number of hydrogen-bond acceptors (Lipinski definition) is 4. The molecule has 1 saturated carbocycles. The Labute approximate surface area is 113 Å². The molecular formula is C13H20ClN3O. The van der Waals surface area contributed by atoms with Crippen LogP contribution in [0.3, 0.4) is 0 Å². The molecule has 0 atom stereocenters. The Hall–Kier alpha value is -0.870. The predicted molar refractivity (Wildman–Crippen MR) is 72.9 cm³/mol. The van der Waals surface area contributed by atoms with Crippen molar-refractivity contribution in [2.45, 2.75) is 45.1 Å². The van der Waals surface area contributed by atoms with Gasteiger partial charge in [-0.15, -0.1) is 0 Å². The third kappa shape index (κ3) is 3.56. The average molecular weight is 270 g/mol. The predicted octanol–water partition coefficient (Wildman–Crippen LogP) is 2.79.